The molecule has 0 aliphatic rings. The molecule has 19 heavy (non-hydrogen) atoms. The maximum atomic E-state index is 10.3. The summed E-state index contributed by atoms with van der Waals surface area (Å²) in [7, 11) is 1.62. The molecule has 0 heterocycles. The van der Waals surface area contributed by atoms with Crippen molar-refractivity contribution in [2.75, 3.05) is 12.8 Å². The lowest BCUT2D eigenvalue weighted by Gasteiger charge is -2.14. The summed E-state index contributed by atoms with van der Waals surface area (Å²) in [6, 6.07) is 13.0. The Labute approximate surface area is 121 Å². The average Bonchev–Trinajstić information content (AvgIpc) is 2.39. The van der Waals surface area contributed by atoms with E-state index in [9.17, 15) is 5.11 Å². The summed E-state index contributed by atoms with van der Waals surface area (Å²) >= 11 is 3.43. The van der Waals surface area contributed by atoms with Gasteiger partial charge in [-0.2, -0.15) is 0 Å². The van der Waals surface area contributed by atoms with E-state index in [1.54, 1.807) is 19.2 Å². The normalized spacial score (nSPS) is 12.2. The molecule has 4 heteroatoms. The van der Waals surface area contributed by atoms with Crippen molar-refractivity contribution in [3.8, 4) is 5.75 Å². The summed E-state index contributed by atoms with van der Waals surface area (Å²) in [5, 5.41) is 10.3. The van der Waals surface area contributed by atoms with Crippen molar-refractivity contribution in [3.05, 3.63) is 58.1 Å². The zero-order valence-electron chi connectivity index (χ0n) is 10.6. The maximum Gasteiger partial charge on any atom is 0.122 e. The van der Waals surface area contributed by atoms with Gasteiger partial charge in [0.05, 0.1) is 13.2 Å². The number of hydrogen-bond donors (Lipinski definition) is 2. The minimum Gasteiger partial charge on any atom is -0.496 e. The van der Waals surface area contributed by atoms with Crippen LogP contribution in [0.5, 0.6) is 5.75 Å². The highest BCUT2D eigenvalue weighted by atomic mass is 79.9. The van der Waals surface area contributed by atoms with Gasteiger partial charge in [0.1, 0.15) is 5.75 Å². The first-order chi connectivity index (χ1) is 9.10. The van der Waals surface area contributed by atoms with Crippen LogP contribution in [-0.4, -0.2) is 12.2 Å². The van der Waals surface area contributed by atoms with Crippen LogP contribution in [0.1, 0.15) is 17.2 Å². The Morgan fingerprint density at radius 3 is 2.74 bits per heavy atom. The van der Waals surface area contributed by atoms with Crippen LogP contribution >= 0.6 is 15.9 Å². The second-order valence-corrected chi connectivity index (χ2v) is 5.26. The van der Waals surface area contributed by atoms with Gasteiger partial charge in [-0.05, 0) is 41.5 Å². The van der Waals surface area contributed by atoms with E-state index in [1.807, 2.05) is 30.3 Å². The van der Waals surface area contributed by atoms with E-state index in [0.717, 1.165) is 21.3 Å². The first-order valence-electron chi connectivity index (χ1n) is 5.96. The quantitative estimate of drug-likeness (QED) is 0.849. The molecule has 0 amide bonds. The van der Waals surface area contributed by atoms with Gasteiger partial charge in [0.2, 0.25) is 0 Å². The summed E-state index contributed by atoms with van der Waals surface area (Å²) < 4.78 is 6.27. The SMILES string of the molecule is COc1ccc(Br)cc1CC(O)c1cccc(N)c1. The van der Waals surface area contributed by atoms with Gasteiger partial charge >= 0.3 is 0 Å². The molecule has 1 atom stereocenters. The minimum absolute atomic E-state index is 0.478. The number of nitrogen functional groups attached to an aromatic ring is 1. The molecule has 100 valence electrons. The molecule has 0 aliphatic heterocycles. The standard InChI is InChI=1S/C15H16BrNO2/c1-19-15-6-5-12(16)7-11(15)9-14(18)10-3-2-4-13(17)8-10/h2-8,14,18H,9,17H2,1H3. The number of nitrogens with two attached hydrogens (primary N) is 1. The van der Waals surface area contributed by atoms with Crippen LogP contribution in [0, 0.1) is 0 Å². The molecule has 2 aromatic carbocycles. The summed E-state index contributed by atoms with van der Waals surface area (Å²) in [6.45, 7) is 0. The van der Waals surface area contributed by atoms with Gasteiger partial charge in [-0.15, -0.1) is 0 Å². The van der Waals surface area contributed by atoms with Crippen molar-refractivity contribution in [1.82, 2.24) is 0 Å². The minimum atomic E-state index is -0.605. The summed E-state index contributed by atoms with van der Waals surface area (Å²) in [6.07, 6.45) is -0.127. The second kappa shape index (κ2) is 6.08. The third-order valence-electron chi connectivity index (χ3n) is 2.95. The van der Waals surface area contributed by atoms with Crippen molar-refractivity contribution in [2.45, 2.75) is 12.5 Å². The fourth-order valence-electron chi connectivity index (χ4n) is 2.00. The third kappa shape index (κ3) is 3.49. The zero-order valence-corrected chi connectivity index (χ0v) is 12.2. The molecule has 0 bridgehead atoms. The summed E-state index contributed by atoms with van der Waals surface area (Å²) in [4.78, 5) is 0. The Kier molecular flexibility index (Phi) is 4.45. The van der Waals surface area contributed by atoms with Crippen molar-refractivity contribution < 1.29 is 9.84 Å². The number of benzene rings is 2. The monoisotopic (exact) mass is 321 g/mol. The molecular weight excluding hydrogens is 306 g/mol. The van der Waals surface area contributed by atoms with Crippen LogP contribution in [0.2, 0.25) is 0 Å². The highest BCUT2D eigenvalue weighted by Gasteiger charge is 2.12. The average molecular weight is 322 g/mol. The Bertz CT molecular complexity index is 572. The van der Waals surface area contributed by atoms with Gasteiger partial charge in [0.15, 0.2) is 0 Å². The van der Waals surface area contributed by atoms with Crippen LogP contribution in [0.15, 0.2) is 46.9 Å². The molecule has 0 aromatic heterocycles. The highest BCUT2D eigenvalue weighted by Crippen LogP contribution is 2.28. The maximum absolute atomic E-state index is 10.3. The topological polar surface area (TPSA) is 55.5 Å². The third-order valence-corrected chi connectivity index (χ3v) is 3.44. The number of methoxy groups -OCH3 is 1. The van der Waals surface area contributed by atoms with Gasteiger partial charge in [-0.25, -0.2) is 0 Å². The Balaban J connectivity index is 2.23. The molecule has 3 N–H and O–H groups in total. The van der Waals surface area contributed by atoms with Crippen molar-refractivity contribution in [3.63, 3.8) is 0 Å². The van der Waals surface area contributed by atoms with Crippen LogP contribution in [0.3, 0.4) is 0 Å². The number of aliphatic hydroxyl groups excluding tert-OH is 1. The predicted molar refractivity (Wildman–Crippen MR) is 80.2 cm³/mol. The number of anilines is 1. The van der Waals surface area contributed by atoms with E-state index in [1.165, 1.54) is 0 Å². The van der Waals surface area contributed by atoms with Crippen LogP contribution in [0.25, 0.3) is 0 Å². The molecule has 0 saturated carbocycles. The molecule has 0 aliphatic carbocycles. The number of rotatable bonds is 4. The Morgan fingerprint density at radius 2 is 2.05 bits per heavy atom. The largest absolute Gasteiger partial charge is 0.496 e. The lowest BCUT2D eigenvalue weighted by molar-refractivity contribution is 0.177. The van der Waals surface area contributed by atoms with Gasteiger partial charge < -0.3 is 15.6 Å². The summed E-state index contributed by atoms with van der Waals surface area (Å²) in [5.74, 6) is 0.770. The molecule has 0 fully saturated rings. The Morgan fingerprint density at radius 1 is 1.26 bits per heavy atom. The van der Waals surface area contributed by atoms with Gasteiger partial charge in [0, 0.05) is 16.6 Å². The van der Waals surface area contributed by atoms with Gasteiger partial charge in [-0.3, -0.25) is 0 Å². The Hall–Kier alpha value is -1.52. The van der Waals surface area contributed by atoms with E-state index in [-0.39, 0.29) is 0 Å². The van der Waals surface area contributed by atoms with Gasteiger partial charge in [-0.1, -0.05) is 28.1 Å². The van der Waals surface area contributed by atoms with Crippen molar-refractivity contribution in [1.29, 1.82) is 0 Å². The van der Waals surface area contributed by atoms with Crippen LogP contribution in [-0.2, 0) is 6.42 Å². The van der Waals surface area contributed by atoms with E-state index in [4.69, 9.17) is 10.5 Å². The number of hydrogen-bond acceptors (Lipinski definition) is 3. The van der Waals surface area contributed by atoms with E-state index >= 15 is 0 Å². The predicted octanol–water partition coefficient (Wildman–Crippen LogP) is 3.32. The second-order valence-electron chi connectivity index (χ2n) is 4.35. The smallest absolute Gasteiger partial charge is 0.122 e. The fourth-order valence-corrected chi connectivity index (χ4v) is 2.41. The first kappa shape index (κ1) is 13.9. The van der Waals surface area contributed by atoms with E-state index in [2.05, 4.69) is 15.9 Å². The van der Waals surface area contributed by atoms with Gasteiger partial charge in [0.25, 0.3) is 0 Å². The molecular formula is C15H16BrNO2. The zero-order chi connectivity index (χ0) is 13.8. The van der Waals surface area contributed by atoms with E-state index in [0.29, 0.717) is 12.1 Å². The molecule has 0 radical (unpaired) electrons. The fraction of sp³-hybridized carbons (Fsp3) is 0.200. The van der Waals surface area contributed by atoms with Crippen LogP contribution < -0.4 is 10.5 Å². The highest BCUT2D eigenvalue weighted by molar-refractivity contribution is 9.10. The van der Waals surface area contributed by atoms with Crippen molar-refractivity contribution >= 4 is 21.6 Å². The molecule has 0 saturated heterocycles. The lowest BCUT2D eigenvalue weighted by Crippen LogP contribution is -2.04. The lowest BCUT2D eigenvalue weighted by atomic mass is 10.0. The molecule has 1 unspecified atom stereocenters. The summed E-state index contributed by atoms with van der Waals surface area (Å²) in [5.41, 5.74) is 8.14. The molecule has 0 spiro atoms. The van der Waals surface area contributed by atoms with Crippen LogP contribution in [0.4, 0.5) is 5.69 Å². The number of ether oxygens (including phenoxy) is 1. The first-order valence-corrected chi connectivity index (χ1v) is 6.75. The van der Waals surface area contributed by atoms with Crippen molar-refractivity contribution in [2.24, 2.45) is 0 Å². The molecule has 2 aromatic rings. The number of aliphatic hydroxyl groups is 1. The number of halogens is 1. The molecule has 2 rings (SSSR count). The molecule has 3 nitrogen and oxygen atoms in total. The van der Waals surface area contributed by atoms with E-state index < -0.39 is 6.10 Å².